The summed E-state index contributed by atoms with van der Waals surface area (Å²) in [5.74, 6) is 0. The molecular formula is C17H17ClN2O. The van der Waals surface area contributed by atoms with Gasteiger partial charge in [-0.05, 0) is 49.1 Å². The Hall–Kier alpha value is -2.00. The lowest BCUT2D eigenvalue weighted by molar-refractivity contribution is 0.257. The molecule has 21 heavy (non-hydrogen) atoms. The molecule has 3 nitrogen and oxygen atoms in total. The van der Waals surface area contributed by atoms with Crippen molar-refractivity contribution in [3.8, 4) is 0 Å². The van der Waals surface area contributed by atoms with Crippen molar-refractivity contribution in [2.75, 3.05) is 16.8 Å². The van der Waals surface area contributed by atoms with Crippen LogP contribution in [0.2, 0.25) is 5.02 Å². The Bertz CT molecular complexity index is 657. The summed E-state index contributed by atoms with van der Waals surface area (Å²) in [6, 6.07) is 15.2. The lowest BCUT2D eigenvalue weighted by Gasteiger charge is -2.23. The average molecular weight is 301 g/mol. The van der Waals surface area contributed by atoms with Gasteiger partial charge in [-0.1, -0.05) is 35.9 Å². The second-order valence-electron chi connectivity index (χ2n) is 5.18. The molecule has 2 aromatic rings. The van der Waals surface area contributed by atoms with Crippen LogP contribution >= 0.6 is 11.6 Å². The molecule has 2 aromatic carbocycles. The van der Waals surface area contributed by atoms with Gasteiger partial charge >= 0.3 is 6.03 Å². The van der Waals surface area contributed by atoms with Crippen molar-refractivity contribution in [1.82, 2.24) is 0 Å². The van der Waals surface area contributed by atoms with Crippen LogP contribution in [0.5, 0.6) is 0 Å². The number of carbonyl (C=O) groups is 1. The molecule has 1 N–H and O–H groups in total. The first-order chi connectivity index (χ1) is 10.2. The van der Waals surface area contributed by atoms with Crippen LogP contribution in [0.25, 0.3) is 0 Å². The van der Waals surface area contributed by atoms with E-state index in [4.69, 9.17) is 11.6 Å². The van der Waals surface area contributed by atoms with E-state index < -0.39 is 0 Å². The van der Waals surface area contributed by atoms with E-state index in [2.05, 4.69) is 11.4 Å². The second kappa shape index (κ2) is 6.19. The standard InChI is InChI=1S/C17H17ClN2O/c18-14-8-5-9-15(12-14)19-17(21)20-11-4-3-7-13-6-1-2-10-16(13)20/h1-2,5-6,8-10,12H,3-4,7,11H2,(H,19,21). The normalized spacial score (nSPS) is 14.2. The maximum atomic E-state index is 12.6. The van der Waals surface area contributed by atoms with Crippen LogP contribution in [0, 0.1) is 0 Å². The van der Waals surface area contributed by atoms with E-state index in [-0.39, 0.29) is 6.03 Å². The van der Waals surface area contributed by atoms with Crippen LogP contribution < -0.4 is 10.2 Å². The first kappa shape index (κ1) is 14.0. The SMILES string of the molecule is O=C(Nc1cccc(Cl)c1)N1CCCCc2ccccc21. The summed E-state index contributed by atoms with van der Waals surface area (Å²) < 4.78 is 0. The van der Waals surface area contributed by atoms with Gasteiger partial charge in [0, 0.05) is 22.9 Å². The van der Waals surface area contributed by atoms with Crippen molar-refractivity contribution in [2.24, 2.45) is 0 Å². The van der Waals surface area contributed by atoms with Crippen molar-refractivity contribution in [3.05, 3.63) is 59.1 Å². The van der Waals surface area contributed by atoms with Gasteiger partial charge in [0.05, 0.1) is 0 Å². The van der Waals surface area contributed by atoms with Gasteiger partial charge in [0.15, 0.2) is 0 Å². The number of halogens is 1. The maximum Gasteiger partial charge on any atom is 0.326 e. The first-order valence-electron chi connectivity index (χ1n) is 7.16. The molecule has 0 aliphatic carbocycles. The van der Waals surface area contributed by atoms with Crippen molar-refractivity contribution < 1.29 is 4.79 Å². The Morgan fingerprint density at radius 2 is 1.95 bits per heavy atom. The van der Waals surface area contributed by atoms with Crippen molar-refractivity contribution in [2.45, 2.75) is 19.3 Å². The van der Waals surface area contributed by atoms with E-state index >= 15 is 0 Å². The molecule has 108 valence electrons. The van der Waals surface area contributed by atoms with Crippen LogP contribution in [0.3, 0.4) is 0 Å². The third kappa shape index (κ3) is 3.19. The van der Waals surface area contributed by atoms with Gasteiger partial charge in [0.1, 0.15) is 0 Å². The number of amides is 2. The molecular weight excluding hydrogens is 284 g/mol. The summed E-state index contributed by atoms with van der Waals surface area (Å²) in [5, 5.41) is 3.54. The summed E-state index contributed by atoms with van der Waals surface area (Å²) in [5.41, 5.74) is 2.96. The number of urea groups is 1. The van der Waals surface area contributed by atoms with Gasteiger partial charge in [-0.25, -0.2) is 4.79 Å². The van der Waals surface area contributed by atoms with Crippen molar-refractivity contribution in [3.63, 3.8) is 0 Å². The number of nitrogens with one attached hydrogen (secondary N) is 1. The monoisotopic (exact) mass is 300 g/mol. The minimum Gasteiger partial charge on any atom is -0.307 e. The van der Waals surface area contributed by atoms with E-state index in [9.17, 15) is 4.79 Å². The number of anilines is 2. The van der Waals surface area contributed by atoms with Crippen LogP contribution in [0.4, 0.5) is 16.2 Å². The van der Waals surface area contributed by atoms with E-state index in [1.165, 1.54) is 5.56 Å². The molecule has 2 amide bonds. The highest BCUT2D eigenvalue weighted by Gasteiger charge is 2.20. The largest absolute Gasteiger partial charge is 0.326 e. The fourth-order valence-electron chi connectivity index (χ4n) is 2.66. The molecule has 0 radical (unpaired) electrons. The molecule has 1 heterocycles. The average Bonchev–Trinajstić information content (AvgIpc) is 2.69. The second-order valence-corrected chi connectivity index (χ2v) is 5.61. The number of hydrogen-bond acceptors (Lipinski definition) is 1. The topological polar surface area (TPSA) is 32.3 Å². The third-order valence-electron chi connectivity index (χ3n) is 3.68. The third-order valence-corrected chi connectivity index (χ3v) is 3.92. The minimum atomic E-state index is -0.105. The van der Waals surface area contributed by atoms with Gasteiger partial charge in [0.2, 0.25) is 0 Å². The zero-order valence-corrected chi connectivity index (χ0v) is 12.4. The van der Waals surface area contributed by atoms with Gasteiger partial charge < -0.3 is 5.32 Å². The number of benzene rings is 2. The molecule has 0 atom stereocenters. The minimum absolute atomic E-state index is 0.105. The van der Waals surface area contributed by atoms with Crippen LogP contribution in [-0.4, -0.2) is 12.6 Å². The predicted octanol–water partition coefficient (Wildman–Crippen LogP) is 4.71. The Labute approximate surface area is 129 Å². The molecule has 0 saturated carbocycles. The number of aryl methyl sites for hydroxylation is 1. The van der Waals surface area contributed by atoms with E-state index in [0.29, 0.717) is 10.7 Å². The molecule has 4 heteroatoms. The lowest BCUT2D eigenvalue weighted by atomic mass is 10.1. The Kier molecular flexibility index (Phi) is 4.11. The Morgan fingerprint density at radius 3 is 2.81 bits per heavy atom. The number of fused-ring (bicyclic) bond motifs is 1. The predicted molar refractivity (Wildman–Crippen MR) is 87.2 cm³/mol. The number of para-hydroxylation sites is 1. The van der Waals surface area contributed by atoms with E-state index in [1.54, 1.807) is 12.1 Å². The first-order valence-corrected chi connectivity index (χ1v) is 7.54. The fraction of sp³-hybridized carbons (Fsp3) is 0.235. The van der Waals surface area contributed by atoms with Crippen molar-refractivity contribution in [1.29, 1.82) is 0 Å². The molecule has 1 aliphatic rings. The van der Waals surface area contributed by atoms with Crippen molar-refractivity contribution >= 4 is 29.0 Å². The zero-order chi connectivity index (χ0) is 14.7. The molecule has 0 fully saturated rings. The summed E-state index contributed by atoms with van der Waals surface area (Å²) in [6.07, 6.45) is 3.15. The van der Waals surface area contributed by atoms with E-state index in [0.717, 1.165) is 31.5 Å². The molecule has 0 bridgehead atoms. The molecule has 0 saturated heterocycles. The summed E-state index contributed by atoms with van der Waals surface area (Å²) in [6.45, 7) is 0.739. The molecule has 0 aromatic heterocycles. The van der Waals surface area contributed by atoms with Gasteiger partial charge in [0.25, 0.3) is 0 Å². The molecule has 3 rings (SSSR count). The van der Waals surface area contributed by atoms with Crippen LogP contribution in [0.1, 0.15) is 18.4 Å². The van der Waals surface area contributed by atoms with Crippen LogP contribution in [-0.2, 0) is 6.42 Å². The smallest absolute Gasteiger partial charge is 0.307 e. The molecule has 0 spiro atoms. The summed E-state index contributed by atoms with van der Waals surface area (Å²) in [7, 11) is 0. The zero-order valence-electron chi connectivity index (χ0n) is 11.7. The van der Waals surface area contributed by atoms with E-state index in [1.807, 2.05) is 35.2 Å². The summed E-state index contributed by atoms with van der Waals surface area (Å²) >= 11 is 5.96. The highest BCUT2D eigenvalue weighted by Crippen LogP contribution is 2.27. The van der Waals surface area contributed by atoms with Gasteiger partial charge in [-0.15, -0.1) is 0 Å². The Morgan fingerprint density at radius 1 is 1.10 bits per heavy atom. The van der Waals surface area contributed by atoms with Gasteiger partial charge in [-0.3, -0.25) is 4.90 Å². The molecule has 0 unspecified atom stereocenters. The number of nitrogens with zero attached hydrogens (tertiary/aromatic N) is 1. The van der Waals surface area contributed by atoms with Gasteiger partial charge in [-0.2, -0.15) is 0 Å². The number of carbonyl (C=O) groups excluding carboxylic acids is 1. The number of hydrogen-bond donors (Lipinski definition) is 1. The summed E-state index contributed by atoms with van der Waals surface area (Å²) in [4.78, 5) is 14.4. The Balaban J connectivity index is 1.84. The number of rotatable bonds is 1. The highest BCUT2D eigenvalue weighted by atomic mass is 35.5. The molecule has 1 aliphatic heterocycles. The quantitative estimate of drug-likeness (QED) is 0.812. The lowest BCUT2D eigenvalue weighted by Crippen LogP contribution is -2.35. The fourth-order valence-corrected chi connectivity index (χ4v) is 2.85. The highest BCUT2D eigenvalue weighted by molar-refractivity contribution is 6.30. The van der Waals surface area contributed by atoms with Crippen LogP contribution in [0.15, 0.2) is 48.5 Å². The maximum absolute atomic E-state index is 12.6.